The molecular formula is C12H10F2N2O2S. The summed E-state index contributed by atoms with van der Waals surface area (Å²) in [5, 5.41) is 11.8. The van der Waals surface area contributed by atoms with Gasteiger partial charge < -0.3 is 10.4 Å². The molecule has 2 N–H and O–H groups in total. The van der Waals surface area contributed by atoms with Gasteiger partial charge in [0.15, 0.2) is 5.13 Å². The van der Waals surface area contributed by atoms with Crippen LogP contribution in [-0.4, -0.2) is 16.1 Å². The van der Waals surface area contributed by atoms with E-state index < -0.39 is 17.6 Å². The minimum Gasteiger partial charge on any atom is -0.481 e. The average molecular weight is 284 g/mol. The van der Waals surface area contributed by atoms with Crippen molar-refractivity contribution in [3.8, 4) is 0 Å². The van der Waals surface area contributed by atoms with Crippen molar-refractivity contribution in [1.29, 1.82) is 0 Å². The Morgan fingerprint density at radius 2 is 2.21 bits per heavy atom. The first-order chi connectivity index (χ1) is 8.95. The molecule has 0 saturated carbocycles. The van der Waals surface area contributed by atoms with Gasteiger partial charge in [-0.05, 0) is 19.1 Å². The maximum atomic E-state index is 13.4. The Morgan fingerprint density at radius 1 is 1.47 bits per heavy atom. The van der Waals surface area contributed by atoms with Crippen molar-refractivity contribution in [3.05, 3.63) is 40.4 Å². The van der Waals surface area contributed by atoms with Crippen molar-refractivity contribution in [2.75, 3.05) is 5.32 Å². The number of halogens is 2. The number of aliphatic carboxylic acids is 1. The fraction of sp³-hybridized carbons (Fsp3) is 0.167. The molecule has 1 heterocycles. The van der Waals surface area contributed by atoms with Crippen LogP contribution < -0.4 is 5.32 Å². The van der Waals surface area contributed by atoms with E-state index in [9.17, 15) is 13.6 Å². The molecule has 2 rings (SSSR count). The molecular weight excluding hydrogens is 274 g/mol. The number of aryl methyl sites for hydroxylation is 1. The van der Waals surface area contributed by atoms with Gasteiger partial charge in [0.1, 0.15) is 11.6 Å². The number of aromatic nitrogens is 1. The van der Waals surface area contributed by atoms with Gasteiger partial charge in [0.25, 0.3) is 0 Å². The monoisotopic (exact) mass is 284 g/mol. The molecule has 0 unspecified atom stereocenters. The largest absolute Gasteiger partial charge is 0.481 e. The highest BCUT2D eigenvalue weighted by Crippen LogP contribution is 2.27. The molecule has 0 saturated heterocycles. The third-order valence-corrected chi connectivity index (χ3v) is 3.45. The lowest BCUT2D eigenvalue weighted by molar-refractivity contribution is -0.136. The van der Waals surface area contributed by atoms with Crippen molar-refractivity contribution in [2.24, 2.45) is 0 Å². The number of hydrogen-bond donors (Lipinski definition) is 2. The summed E-state index contributed by atoms with van der Waals surface area (Å²) in [7, 11) is 0. The summed E-state index contributed by atoms with van der Waals surface area (Å²) in [5.74, 6) is -2.34. The first kappa shape index (κ1) is 13.4. The second-order valence-electron chi connectivity index (χ2n) is 3.85. The molecule has 1 aromatic heterocycles. The van der Waals surface area contributed by atoms with Crippen molar-refractivity contribution >= 4 is 28.1 Å². The number of nitrogens with zero attached hydrogens (tertiary/aromatic N) is 1. The van der Waals surface area contributed by atoms with E-state index in [1.54, 1.807) is 6.92 Å². The SMILES string of the molecule is Cc1nc(Nc2ccc(F)cc2F)sc1CC(=O)O. The summed E-state index contributed by atoms with van der Waals surface area (Å²) in [6.45, 7) is 1.68. The highest BCUT2D eigenvalue weighted by molar-refractivity contribution is 7.15. The van der Waals surface area contributed by atoms with Crippen molar-refractivity contribution < 1.29 is 18.7 Å². The molecule has 0 spiro atoms. The molecule has 19 heavy (non-hydrogen) atoms. The molecule has 2 aromatic rings. The Hall–Kier alpha value is -2.02. The molecule has 0 bridgehead atoms. The van der Waals surface area contributed by atoms with E-state index in [1.807, 2.05) is 0 Å². The number of carboxylic acids is 1. The van der Waals surface area contributed by atoms with E-state index in [1.165, 1.54) is 6.07 Å². The Bertz CT molecular complexity index is 628. The highest BCUT2D eigenvalue weighted by Gasteiger charge is 2.12. The van der Waals surface area contributed by atoms with Crippen LogP contribution in [0.2, 0.25) is 0 Å². The molecule has 0 amide bonds. The lowest BCUT2D eigenvalue weighted by atomic mass is 10.3. The van der Waals surface area contributed by atoms with Crippen LogP contribution in [0.3, 0.4) is 0 Å². The Morgan fingerprint density at radius 3 is 2.84 bits per heavy atom. The number of thiazole rings is 1. The van der Waals surface area contributed by atoms with E-state index in [2.05, 4.69) is 10.3 Å². The van der Waals surface area contributed by atoms with Crippen LogP contribution in [0.5, 0.6) is 0 Å². The highest BCUT2D eigenvalue weighted by atomic mass is 32.1. The summed E-state index contributed by atoms with van der Waals surface area (Å²) >= 11 is 1.13. The summed E-state index contributed by atoms with van der Waals surface area (Å²) in [6.07, 6.45) is -0.128. The minimum absolute atomic E-state index is 0.0945. The van der Waals surface area contributed by atoms with Gasteiger partial charge >= 0.3 is 5.97 Å². The van der Waals surface area contributed by atoms with Gasteiger partial charge in [0.2, 0.25) is 0 Å². The maximum absolute atomic E-state index is 13.4. The Balaban J connectivity index is 2.21. The molecule has 7 heteroatoms. The van der Waals surface area contributed by atoms with E-state index in [-0.39, 0.29) is 12.1 Å². The van der Waals surface area contributed by atoms with Gasteiger partial charge in [0, 0.05) is 10.9 Å². The number of hydrogen-bond acceptors (Lipinski definition) is 4. The molecule has 1 aromatic carbocycles. The predicted octanol–water partition coefficient (Wildman–Crippen LogP) is 3.10. The maximum Gasteiger partial charge on any atom is 0.308 e. The molecule has 0 atom stereocenters. The Kier molecular flexibility index (Phi) is 3.75. The van der Waals surface area contributed by atoms with Gasteiger partial charge in [-0.1, -0.05) is 0 Å². The van der Waals surface area contributed by atoms with Crippen LogP contribution in [0.15, 0.2) is 18.2 Å². The van der Waals surface area contributed by atoms with E-state index in [0.29, 0.717) is 15.7 Å². The lowest BCUT2D eigenvalue weighted by Gasteiger charge is -2.03. The molecule has 100 valence electrons. The van der Waals surface area contributed by atoms with E-state index in [4.69, 9.17) is 5.11 Å². The van der Waals surface area contributed by atoms with Crippen molar-refractivity contribution in [2.45, 2.75) is 13.3 Å². The van der Waals surface area contributed by atoms with Crippen LogP contribution >= 0.6 is 11.3 Å². The standard InChI is InChI=1S/C12H10F2N2O2S/c1-6-10(5-11(17)18)19-12(15-6)16-9-3-2-7(13)4-8(9)14/h2-4H,5H2,1H3,(H,15,16)(H,17,18). The first-order valence-corrected chi connectivity index (χ1v) is 6.17. The molecule has 0 aliphatic heterocycles. The van der Waals surface area contributed by atoms with E-state index in [0.717, 1.165) is 23.5 Å². The smallest absolute Gasteiger partial charge is 0.308 e. The molecule has 0 radical (unpaired) electrons. The topological polar surface area (TPSA) is 62.2 Å². The normalized spacial score (nSPS) is 10.5. The van der Waals surface area contributed by atoms with Gasteiger partial charge in [-0.15, -0.1) is 11.3 Å². The predicted molar refractivity (Wildman–Crippen MR) is 67.8 cm³/mol. The fourth-order valence-corrected chi connectivity index (χ4v) is 2.45. The number of anilines is 2. The second kappa shape index (κ2) is 5.31. The summed E-state index contributed by atoms with van der Waals surface area (Å²) in [5.41, 5.74) is 0.675. The van der Waals surface area contributed by atoms with Gasteiger partial charge in [-0.2, -0.15) is 0 Å². The van der Waals surface area contributed by atoms with Gasteiger partial charge in [-0.3, -0.25) is 4.79 Å². The van der Waals surface area contributed by atoms with Crippen LogP contribution in [0.4, 0.5) is 19.6 Å². The fourth-order valence-electron chi connectivity index (χ4n) is 1.49. The quantitative estimate of drug-likeness (QED) is 0.905. The average Bonchev–Trinajstić information content (AvgIpc) is 2.62. The molecule has 0 aliphatic carbocycles. The zero-order chi connectivity index (χ0) is 14.0. The lowest BCUT2D eigenvalue weighted by Crippen LogP contribution is -1.99. The number of carbonyl (C=O) groups is 1. The number of nitrogens with one attached hydrogen (secondary N) is 1. The second-order valence-corrected chi connectivity index (χ2v) is 4.93. The number of benzene rings is 1. The van der Waals surface area contributed by atoms with Crippen molar-refractivity contribution in [3.63, 3.8) is 0 Å². The molecule has 4 nitrogen and oxygen atoms in total. The van der Waals surface area contributed by atoms with Gasteiger partial charge in [0.05, 0.1) is 17.8 Å². The third kappa shape index (κ3) is 3.25. The molecule has 0 aliphatic rings. The minimum atomic E-state index is -0.953. The first-order valence-electron chi connectivity index (χ1n) is 5.36. The zero-order valence-corrected chi connectivity index (χ0v) is 10.7. The zero-order valence-electron chi connectivity index (χ0n) is 9.91. The Labute approximate surface area is 111 Å². The summed E-state index contributed by atoms with van der Waals surface area (Å²) < 4.78 is 26.2. The number of rotatable bonds is 4. The number of carboxylic acid groups (broad SMARTS) is 1. The van der Waals surface area contributed by atoms with Crippen LogP contribution in [0, 0.1) is 18.6 Å². The third-order valence-electron chi connectivity index (χ3n) is 2.38. The van der Waals surface area contributed by atoms with Crippen molar-refractivity contribution in [1.82, 2.24) is 4.98 Å². The van der Waals surface area contributed by atoms with Crippen LogP contribution in [-0.2, 0) is 11.2 Å². The van der Waals surface area contributed by atoms with Crippen LogP contribution in [0.1, 0.15) is 10.6 Å². The summed E-state index contributed by atoms with van der Waals surface area (Å²) in [4.78, 5) is 15.3. The van der Waals surface area contributed by atoms with E-state index >= 15 is 0 Å². The summed E-state index contributed by atoms with van der Waals surface area (Å²) in [6, 6.07) is 3.16. The molecule has 0 fully saturated rings. The van der Waals surface area contributed by atoms with Crippen LogP contribution in [0.25, 0.3) is 0 Å². The van der Waals surface area contributed by atoms with Gasteiger partial charge in [-0.25, -0.2) is 13.8 Å².